The quantitative estimate of drug-likeness (QED) is 0.767. The van der Waals surface area contributed by atoms with Gasteiger partial charge in [0.1, 0.15) is 5.75 Å². The SMILES string of the molecule is COc1ccc([C@H](CNC(=S)Nc2cccc(C)c2C)N(C)C)cc1. The number of hydrogen-bond donors (Lipinski definition) is 2. The van der Waals surface area contributed by atoms with E-state index in [1.807, 2.05) is 24.3 Å². The number of rotatable bonds is 6. The number of aryl methyl sites for hydroxylation is 1. The van der Waals surface area contributed by atoms with Gasteiger partial charge in [0.05, 0.1) is 13.2 Å². The average molecular weight is 358 g/mol. The molecule has 2 aromatic carbocycles. The summed E-state index contributed by atoms with van der Waals surface area (Å²) in [4.78, 5) is 2.18. The van der Waals surface area contributed by atoms with Crippen LogP contribution in [0.4, 0.5) is 5.69 Å². The van der Waals surface area contributed by atoms with Crippen molar-refractivity contribution in [1.29, 1.82) is 0 Å². The molecule has 0 heterocycles. The Bertz CT molecular complexity index is 713. The first-order valence-electron chi connectivity index (χ1n) is 8.33. The third-order valence-corrected chi connectivity index (χ3v) is 4.68. The third-order valence-electron chi connectivity index (χ3n) is 4.43. The molecule has 0 bridgehead atoms. The van der Waals surface area contributed by atoms with Crippen molar-refractivity contribution in [2.75, 3.05) is 33.1 Å². The van der Waals surface area contributed by atoms with Crippen LogP contribution in [0.3, 0.4) is 0 Å². The standard InChI is InChI=1S/C20H27N3OS/c1-14-7-6-8-18(15(14)2)22-20(25)21-13-19(23(3)4)16-9-11-17(24-5)12-10-16/h6-12,19H,13H2,1-5H3,(H2,21,22,25)/t19-/m0/s1. The number of likely N-dealkylation sites (N-methyl/N-ethyl adjacent to an activating group) is 1. The van der Waals surface area contributed by atoms with E-state index in [4.69, 9.17) is 17.0 Å². The van der Waals surface area contributed by atoms with E-state index in [1.165, 1.54) is 16.7 Å². The number of nitrogens with one attached hydrogen (secondary N) is 2. The van der Waals surface area contributed by atoms with Gasteiger partial charge in [-0.3, -0.25) is 0 Å². The topological polar surface area (TPSA) is 36.5 Å². The van der Waals surface area contributed by atoms with Crippen LogP contribution in [0, 0.1) is 13.8 Å². The van der Waals surface area contributed by atoms with E-state index in [0.717, 1.165) is 18.0 Å². The van der Waals surface area contributed by atoms with Gasteiger partial charge in [0, 0.05) is 12.2 Å². The summed E-state index contributed by atoms with van der Waals surface area (Å²) in [7, 11) is 5.81. The molecule has 0 unspecified atom stereocenters. The minimum absolute atomic E-state index is 0.212. The van der Waals surface area contributed by atoms with Gasteiger partial charge in [-0.1, -0.05) is 24.3 Å². The summed E-state index contributed by atoms with van der Waals surface area (Å²) in [5.41, 5.74) is 4.72. The lowest BCUT2D eigenvalue weighted by atomic mass is 10.1. The lowest BCUT2D eigenvalue weighted by Crippen LogP contribution is -2.36. The molecule has 0 spiro atoms. The Balaban J connectivity index is 2.00. The van der Waals surface area contributed by atoms with Gasteiger partial charge < -0.3 is 20.3 Å². The van der Waals surface area contributed by atoms with Crippen LogP contribution in [0.25, 0.3) is 0 Å². The van der Waals surface area contributed by atoms with E-state index in [2.05, 4.69) is 61.7 Å². The third kappa shape index (κ3) is 5.18. The Morgan fingerprint density at radius 1 is 1.12 bits per heavy atom. The Kier molecular flexibility index (Phi) is 6.79. The van der Waals surface area contributed by atoms with Gasteiger partial charge in [-0.25, -0.2) is 0 Å². The zero-order valence-electron chi connectivity index (χ0n) is 15.6. The lowest BCUT2D eigenvalue weighted by molar-refractivity contribution is 0.299. The second kappa shape index (κ2) is 8.83. The highest BCUT2D eigenvalue weighted by molar-refractivity contribution is 7.80. The van der Waals surface area contributed by atoms with Crippen molar-refractivity contribution in [2.24, 2.45) is 0 Å². The number of hydrogen-bond acceptors (Lipinski definition) is 3. The molecule has 2 aromatic rings. The molecule has 1 atom stereocenters. The van der Waals surface area contributed by atoms with Gasteiger partial charge in [-0.2, -0.15) is 0 Å². The van der Waals surface area contributed by atoms with Gasteiger partial charge in [-0.05, 0) is 75.1 Å². The molecule has 0 radical (unpaired) electrons. The zero-order chi connectivity index (χ0) is 18.4. The Morgan fingerprint density at radius 3 is 2.40 bits per heavy atom. The average Bonchev–Trinajstić information content (AvgIpc) is 2.59. The fraction of sp³-hybridized carbons (Fsp3) is 0.350. The van der Waals surface area contributed by atoms with Gasteiger partial charge >= 0.3 is 0 Å². The molecule has 0 fully saturated rings. The maximum atomic E-state index is 5.47. The Labute approximate surface area is 156 Å². The smallest absolute Gasteiger partial charge is 0.170 e. The highest BCUT2D eigenvalue weighted by atomic mass is 32.1. The van der Waals surface area contributed by atoms with Crippen molar-refractivity contribution in [3.8, 4) is 5.75 Å². The normalized spacial score (nSPS) is 11.9. The zero-order valence-corrected chi connectivity index (χ0v) is 16.4. The molecule has 2 rings (SSSR count). The predicted molar refractivity (Wildman–Crippen MR) is 110 cm³/mol. The summed E-state index contributed by atoms with van der Waals surface area (Å²) in [5, 5.41) is 7.26. The van der Waals surface area contributed by atoms with Crippen LogP contribution < -0.4 is 15.4 Å². The Hall–Kier alpha value is -2.11. The molecule has 0 amide bonds. The van der Waals surface area contributed by atoms with E-state index in [-0.39, 0.29) is 6.04 Å². The molecule has 0 aliphatic heterocycles. The van der Waals surface area contributed by atoms with E-state index in [1.54, 1.807) is 7.11 Å². The highest BCUT2D eigenvalue weighted by Crippen LogP contribution is 2.21. The first-order valence-corrected chi connectivity index (χ1v) is 8.74. The lowest BCUT2D eigenvalue weighted by Gasteiger charge is -2.26. The molecule has 25 heavy (non-hydrogen) atoms. The van der Waals surface area contributed by atoms with Crippen molar-refractivity contribution in [3.63, 3.8) is 0 Å². The largest absolute Gasteiger partial charge is 0.497 e. The van der Waals surface area contributed by atoms with Crippen molar-refractivity contribution < 1.29 is 4.74 Å². The molecule has 4 nitrogen and oxygen atoms in total. The maximum Gasteiger partial charge on any atom is 0.170 e. The van der Waals surface area contributed by atoms with Gasteiger partial charge in [0.25, 0.3) is 0 Å². The molecule has 0 saturated heterocycles. The number of anilines is 1. The first-order chi connectivity index (χ1) is 11.9. The second-order valence-electron chi connectivity index (χ2n) is 6.34. The van der Waals surface area contributed by atoms with Crippen LogP contribution in [-0.2, 0) is 0 Å². The van der Waals surface area contributed by atoms with Crippen LogP contribution in [0.2, 0.25) is 0 Å². The molecule has 0 aliphatic rings. The van der Waals surface area contributed by atoms with Gasteiger partial charge in [0.15, 0.2) is 5.11 Å². The fourth-order valence-electron chi connectivity index (χ4n) is 2.67. The minimum Gasteiger partial charge on any atom is -0.497 e. The molecular weight excluding hydrogens is 330 g/mol. The van der Waals surface area contributed by atoms with Crippen LogP contribution in [-0.4, -0.2) is 37.8 Å². The number of benzene rings is 2. The number of methoxy groups -OCH3 is 1. The Morgan fingerprint density at radius 2 is 1.80 bits per heavy atom. The second-order valence-corrected chi connectivity index (χ2v) is 6.74. The number of thiocarbonyl (C=S) groups is 1. The molecule has 5 heteroatoms. The molecule has 0 aliphatic carbocycles. The van der Waals surface area contributed by atoms with E-state index in [9.17, 15) is 0 Å². The molecule has 134 valence electrons. The molecule has 0 saturated carbocycles. The van der Waals surface area contributed by atoms with Crippen LogP contribution in [0.5, 0.6) is 5.75 Å². The van der Waals surface area contributed by atoms with Crippen molar-refractivity contribution in [2.45, 2.75) is 19.9 Å². The van der Waals surface area contributed by atoms with Gasteiger partial charge in [-0.15, -0.1) is 0 Å². The van der Waals surface area contributed by atoms with Gasteiger partial charge in [0.2, 0.25) is 0 Å². The molecular formula is C20H27N3OS. The maximum absolute atomic E-state index is 5.47. The predicted octanol–water partition coefficient (Wildman–Crippen LogP) is 3.90. The van der Waals surface area contributed by atoms with Crippen molar-refractivity contribution in [1.82, 2.24) is 10.2 Å². The van der Waals surface area contributed by atoms with E-state index in [0.29, 0.717) is 5.11 Å². The van der Waals surface area contributed by atoms with Crippen LogP contribution in [0.15, 0.2) is 42.5 Å². The van der Waals surface area contributed by atoms with E-state index < -0.39 is 0 Å². The summed E-state index contributed by atoms with van der Waals surface area (Å²) in [6.07, 6.45) is 0. The summed E-state index contributed by atoms with van der Waals surface area (Å²) >= 11 is 5.47. The fourth-order valence-corrected chi connectivity index (χ4v) is 2.86. The van der Waals surface area contributed by atoms with E-state index >= 15 is 0 Å². The van der Waals surface area contributed by atoms with Crippen molar-refractivity contribution in [3.05, 3.63) is 59.2 Å². The van der Waals surface area contributed by atoms with Crippen LogP contribution in [0.1, 0.15) is 22.7 Å². The summed E-state index contributed by atoms with van der Waals surface area (Å²) < 4.78 is 5.23. The minimum atomic E-state index is 0.212. The number of ether oxygens (including phenoxy) is 1. The molecule has 0 aromatic heterocycles. The number of nitrogens with zero attached hydrogens (tertiary/aromatic N) is 1. The molecule has 2 N–H and O–H groups in total. The van der Waals surface area contributed by atoms with Crippen molar-refractivity contribution >= 4 is 23.0 Å². The monoisotopic (exact) mass is 357 g/mol. The summed E-state index contributed by atoms with van der Waals surface area (Å²) in [6.45, 7) is 4.92. The summed E-state index contributed by atoms with van der Waals surface area (Å²) in [5.74, 6) is 0.862. The van der Waals surface area contributed by atoms with Crippen LogP contribution >= 0.6 is 12.2 Å². The first kappa shape index (κ1) is 19.2. The highest BCUT2D eigenvalue weighted by Gasteiger charge is 2.15. The summed E-state index contributed by atoms with van der Waals surface area (Å²) in [6, 6.07) is 14.5.